The summed E-state index contributed by atoms with van der Waals surface area (Å²) in [4.78, 5) is 36.1. The number of rotatable bonds is 14. The first-order valence-electron chi connectivity index (χ1n) is 13.8. The van der Waals surface area contributed by atoms with Gasteiger partial charge in [0, 0.05) is 16.5 Å². The molecule has 230 valence electrons. The minimum atomic E-state index is -1.35. The zero-order chi connectivity index (χ0) is 31.8. The Morgan fingerprint density at radius 1 is 1.09 bits per heavy atom. The smallest absolute Gasteiger partial charge is 0.371 e. The van der Waals surface area contributed by atoms with Crippen LogP contribution in [0.5, 0.6) is 11.5 Å². The van der Waals surface area contributed by atoms with Gasteiger partial charge in [0.25, 0.3) is 0 Å². The number of carbonyl (C=O) groups excluding carboxylic acids is 1. The van der Waals surface area contributed by atoms with E-state index in [2.05, 4.69) is 0 Å². The molecule has 2 aromatic carbocycles. The van der Waals surface area contributed by atoms with E-state index in [1.54, 1.807) is 54.6 Å². The molecular formula is C33H31ClO9S. The molecule has 2 aromatic heterocycles. The second kappa shape index (κ2) is 15.0. The van der Waals surface area contributed by atoms with Crippen molar-refractivity contribution in [2.24, 2.45) is 0 Å². The van der Waals surface area contributed by atoms with Gasteiger partial charge in [-0.05, 0) is 73.8 Å². The van der Waals surface area contributed by atoms with Crippen molar-refractivity contribution < 1.29 is 38.5 Å². The number of carboxylic acids is 1. The number of furan rings is 1. The number of aliphatic hydroxyl groups excluding tert-OH is 1. The molecule has 0 aliphatic heterocycles. The van der Waals surface area contributed by atoms with Crippen LogP contribution in [0.1, 0.15) is 65.0 Å². The van der Waals surface area contributed by atoms with E-state index < -0.39 is 28.5 Å². The van der Waals surface area contributed by atoms with Gasteiger partial charge in [0.2, 0.25) is 5.76 Å². The summed E-state index contributed by atoms with van der Waals surface area (Å²) in [6.07, 6.45) is 8.05. The van der Waals surface area contributed by atoms with Gasteiger partial charge >= 0.3 is 5.97 Å². The van der Waals surface area contributed by atoms with Crippen LogP contribution in [0.3, 0.4) is 0 Å². The van der Waals surface area contributed by atoms with Crippen molar-refractivity contribution in [1.82, 2.24) is 0 Å². The van der Waals surface area contributed by atoms with E-state index in [0.29, 0.717) is 35.7 Å². The molecular weight excluding hydrogens is 608 g/mol. The van der Waals surface area contributed by atoms with Crippen LogP contribution in [0.15, 0.2) is 91.4 Å². The fourth-order valence-electron chi connectivity index (χ4n) is 4.44. The average Bonchev–Trinajstić information content (AvgIpc) is 3.42. The summed E-state index contributed by atoms with van der Waals surface area (Å²) >= 11 is 7.18. The van der Waals surface area contributed by atoms with E-state index in [4.69, 9.17) is 25.2 Å². The number of benzene rings is 2. The number of halogens is 1. The Bertz CT molecular complexity index is 1770. The molecule has 0 unspecified atom stereocenters. The van der Waals surface area contributed by atoms with Gasteiger partial charge in [-0.1, -0.05) is 37.6 Å². The van der Waals surface area contributed by atoms with Crippen LogP contribution in [-0.2, 0) is 6.42 Å². The van der Waals surface area contributed by atoms with Crippen molar-refractivity contribution >= 4 is 46.1 Å². The normalized spacial score (nSPS) is 13.1. The van der Waals surface area contributed by atoms with E-state index >= 15 is 0 Å². The molecule has 0 saturated heterocycles. The number of allylic oxidation sites excluding steroid dienone is 2. The Kier molecular flexibility index (Phi) is 11.1. The summed E-state index contributed by atoms with van der Waals surface area (Å²) in [7, 11) is 0. The zero-order valence-corrected chi connectivity index (χ0v) is 25.6. The third-order valence-electron chi connectivity index (χ3n) is 6.59. The number of aromatic hydroxyl groups is 1. The van der Waals surface area contributed by atoms with Crippen LogP contribution >= 0.6 is 23.4 Å². The fourth-order valence-corrected chi connectivity index (χ4v) is 5.66. The second-order valence-corrected chi connectivity index (χ2v) is 11.4. The molecule has 0 aliphatic rings. The fraction of sp³-hybridized carbons (Fsp3) is 0.242. The van der Waals surface area contributed by atoms with Crippen LogP contribution in [0.25, 0.3) is 11.0 Å². The lowest BCUT2D eigenvalue weighted by molar-refractivity contribution is 0.0662. The van der Waals surface area contributed by atoms with Crippen molar-refractivity contribution in [2.45, 2.75) is 49.4 Å². The zero-order valence-electron chi connectivity index (χ0n) is 24.0. The number of phenolic OH excluding ortho intramolecular Hbond substituents is 1. The van der Waals surface area contributed by atoms with E-state index in [9.17, 15) is 29.7 Å². The predicted molar refractivity (Wildman–Crippen MR) is 168 cm³/mol. The number of aromatic carboxylic acids is 1. The van der Waals surface area contributed by atoms with Gasteiger partial charge < -0.3 is 28.9 Å². The molecule has 0 aliphatic carbocycles. The number of hydrogen-bond acceptors (Lipinski definition) is 9. The van der Waals surface area contributed by atoms with Gasteiger partial charge in [-0.15, -0.1) is 11.8 Å². The predicted octanol–water partition coefficient (Wildman–Crippen LogP) is 7.37. The van der Waals surface area contributed by atoms with E-state index in [0.717, 1.165) is 12.5 Å². The van der Waals surface area contributed by atoms with Crippen LogP contribution in [0.4, 0.5) is 0 Å². The first-order chi connectivity index (χ1) is 21.1. The molecule has 3 N–H and O–H groups in total. The number of carbonyl (C=O) groups is 2. The minimum absolute atomic E-state index is 0.0360. The second-order valence-electron chi connectivity index (χ2n) is 9.80. The molecule has 11 heteroatoms. The topological polar surface area (TPSA) is 147 Å². The average molecular weight is 639 g/mol. The van der Waals surface area contributed by atoms with Gasteiger partial charge in [-0.25, -0.2) is 4.79 Å². The minimum Gasteiger partial charge on any atom is -0.507 e. The Hall–Kier alpha value is -4.25. The first-order valence-corrected chi connectivity index (χ1v) is 15.1. The number of aliphatic hydroxyl groups is 1. The Labute approximate surface area is 262 Å². The summed E-state index contributed by atoms with van der Waals surface area (Å²) < 4.78 is 16.7. The van der Waals surface area contributed by atoms with Crippen molar-refractivity contribution in [3.63, 3.8) is 0 Å². The molecule has 0 radical (unpaired) electrons. The Morgan fingerprint density at radius 2 is 1.89 bits per heavy atom. The largest absolute Gasteiger partial charge is 0.507 e. The molecule has 4 aromatic rings. The Balaban J connectivity index is 1.46. The molecule has 0 saturated carbocycles. The quantitative estimate of drug-likeness (QED) is 0.0553. The molecule has 9 nitrogen and oxygen atoms in total. The highest BCUT2D eigenvalue weighted by molar-refractivity contribution is 8.00. The van der Waals surface area contributed by atoms with Crippen molar-refractivity contribution in [3.8, 4) is 11.5 Å². The van der Waals surface area contributed by atoms with E-state index in [1.807, 2.05) is 13.0 Å². The van der Waals surface area contributed by atoms with Crippen molar-refractivity contribution in [3.05, 3.63) is 111 Å². The summed E-state index contributed by atoms with van der Waals surface area (Å²) in [6.45, 7) is 3.73. The van der Waals surface area contributed by atoms with Gasteiger partial charge in [-0.2, -0.15) is 0 Å². The molecule has 44 heavy (non-hydrogen) atoms. The van der Waals surface area contributed by atoms with Crippen LogP contribution in [-0.4, -0.2) is 38.9 Å². The van der Waals surface area contributed by atoms with Crippen LogP contribution in [0, 0.1) is 0 Å². The molecule has 4 rings (SSSR count). The molecule has 2 heterocycles. The van der Waals surface area contributed by atoms with Gasteiger partial charge in [0.05, 0.1) is 22.8 Å². The van der Waals surface area contributed by atoms with Gasteiger partial charge in [0.15, 0.2) is 16.4 Å². The summed E-state index contributed by atoms with van der Waals surface area (Å²) in [5.74, 6) is -1.26. The maximum atomic E-state index is 12.3. The first kappa shape index (κ1) is 32.7. The van der Waals surface area contributed by atoms with Crippen molar-refractivity contribution in [1.29, 1.82) is 0 Å². The number of phenols is 1. The molecule has 0 bridgehead atoms. The maximum Gasteiger partial charge on any atom is 0.371 e. The van der Waals surface area contributed by atoms with Crippen molar-refractivity contribution in [2.75, 3.05) is 6.61 Å². The third kappa shape index (κ3) is 8.02. The maximum absolute atomic E-state index is 12.3. The van der Waals surface area contributed by atoms with E-state index in [1.165, 1.54) is 24.8 Å². The van der Waals surface area contributed by atoms with Crippen LogP contribution in [0.2, 0.25) is 5.22 Å². The van der Waals surface area contributed by atoms with Gasteiger partial charge in [-0.3, -0.25) is 9.59 Å². The van der Waals surface area contributed by atoms with Crippen LogP contribution < -0.4 is 10.2 Å². The number of thioether (sulfide) groups is 1. The van der Waals surface area contributed by atoms with Gasteiger partial charge in [0.1, 0.15) is 28.9 Å². The highest BCUT2D eigenvalue weighted by Gasteiger charge is 2.23. The highest BCUT2D eigenvalue weighted by Crippen LogP contribution is 2.36. The molecule has 0 spiro atoms. The number of Topliss-reactive ketones (excluding diaryl/α,β-unsaturated/α-hetero) is 1. The summed E-state index contributed by atoms with van der Waals surface area (Å²) in [6, 6.07) is 12.1. The number of fused-ring (bicyclic) bond motifs is 1. The number of ketones is 1. The SMILES string of the molecule is CCCc1c(OCCC=CC=C[C@H](Sc2ccc3c(=O)cc(C(=O)O)oc3c2)[C@H](O)c2ccc(Cl)o2)ccc(C(C)=O)c1O. The highest BCUT2D eigenvalue weighted by atomic mass is 35.5. The van der Waals surface area contributed by atoms with E-state index in [-0.39, 0.29) is 39.0 Å². The third-order valence-corrected chi connectivity index (χ3v) is 8.01. The molecule has 0 fully saturated rings. The number of ether oxygens (including phenoxy) is 1. The number of hydrogen-bond donors (Lipinski definition) is 3. The molecule has 0 amide bonds. The Morgan fingerprint density at radius 3 is 2.57 bits per heavy atom. The number of carboxylic acid groups (broad SMARTS) is 1. The monoisotopic (exact) mass is 638 g/mol. The lowest BCUT2D eigenvalue weighted by Crippen LogP contribution is -2.12. The lowest BCUT2D eigenvalue weighted by atomic mass is 10.0. The summed E-state index contributed by atoms with van der Waals surface area (Å²) in [5.41, 5.74) is 0.533. The summed E-state index contributed by atoms with van der Waals surface area (Å²) in [5, 5.41) is 30.7. The standard InChI is InChI=1S/C33H31ClO9S/c1-3-8-23-25(13-12-21(19(2)35)31(23)37)41-16-7-5-4-6-9-29(32(38)26-14-15-30(34)43-26)44-20-10-11-22-24(36)18-28(33(39)40)42-27(22)17-20/h4-6,9-15,17-18,29,32,37-38H,3,7-8,16H2,1-2H3,(H,39,40)/t29-,32+/m0/s1. The lowest BCUT2D eigenvalue weighted by Gasteiger charge is -2.18. The molecule has 2 atom stereocenters.